The van der Waals surface area contributed by atoms with Gasteiger partial charge in [0.15, 0.2) is 0 Å². The van der Waals surface area contributed by atoms with Gasteiger partial charge in [-0.1, -0.05) is 37.3 Å². The van der Waals surface area contributed by atoms with E-state index in [4.69, 9.17) is 4.74 Å². The lowest BCUT2D eigenvalue weighted by molar-refractivity contribution is -0.139. The van der Waals surface area contributed by atoms with Crippen molar-refractivity contribution in [1.29, 1.82) is 0 Å². The van der Waals surface area contributed by atoms with Crippen LogP contribution in [0.5, 0.6) is 5.75 Å². The Morgan fingerprint density at radius 2 is 1.63 bits per heavy atom. The molecule has 2 aromatic rings. The SMILES string of the molecule is CCOc1ccc(N(CC(=O)N(CCc2ccccc2)[C@@H](CC)C(=O)NC(C)C)S(C)(=O)=O)cc1. The molecule has 0 saturated heterocycles. The second kappa shape index (κ2) is 13.1. The normalized spacial score (nSPS) is 12.2. The Kier molecular flexibility index (Phi) is 10.6. The van der Waals surface area contributed by atoms with Gasteiger partial charge in [0.05, 0.1) is 18.6 Å². The molecule has 1 N–H and O–H groups in total. The highest BCUT2D eigenvalue weighted by molar-refractivity contribution is 7.92. The summed E-state index contributed by atoms with van der Waals surface area (Å²) in [5.41, 5.74) is 1.38. The fraction of sp³-hybridized carbons (Fsp3) is 0.462. The number of sulfonamides is 1. The van der Waals surface area contributed by atoms with E-state index < -0.39 is 28.5 Å². The molecular formula is C26H37N3O5S. The van der Waals surface area contributed by atoms with E-state index in [1.54, 1.807) is 24.3 Å². The van der Waals surface area contributed by atoms with Gasteiger partial charge in [0, 0.05) is 12.6 Å². The van der Waals surface area contributed by atoms with Gasteiger partial charge in [0.25, 0.3) is 0 Å². The Balaban J connectivity index is 2.34. The minimum Gasteiger partial charge on any atom is -0.494 e. The molecule has 0 spiro atoms. The van der Waals surface area contributed by atoms with Crippen LogP contribution in [0.2, 0.25) is 0 Å². The fourth-order valence-electron chi connectivity index (χ4n) is 3.77. The molecule has 0 radical (unpaired) electrons. The zero-order chi connectivity index (χ0) is 26.0. The summed E-state index contributed by atoms with van der Waals surface area (Å²) in [6.07, 6.45) is 2.01. The molecule has 192 valence electrons. The smallest absolute Gasteiger partial charge is 0.244 e. The van der Waals surface area contributed by atoms with Gasteiger partial charge in [0.2, 0.25) is 21.8 Å². The Morgan fingerprint density at radius 3 is 2.14 bits per heavy atom. The summed E-state index contributed by atoms with van der Waals surface area (Å²) in [6, 6.07) is 15.4. The van der Waals surface area contributed by atoms with Crippen LogP contribution in [0, 0.1) is 0 Å². The summed E-state index contributed by atoms with van der Waals surface area (Å²) < 4.78 is 31.8. The van der Waals surface area contributed by atoms with Gasteiger partial charge in [0.1, 0.15) is 18.3 Å². The number of anilines is 1. The minimum atomic E-state index is -3.77. The number of amides is 2. The van der Waals surface area contributed by atoms with E-state index in [-0.39, 0.29) is 18.5 Å². The molecule has 2 rings (SSSR count). The van der Waals surface area contributed by atoms with Gasteiger partial charge in [-0.05, 0) is 63.4 Å². The number of benzene rings is 2. The Bertz CT molecular complexity index is 1060. The van der Waals surface area contributed by atoms with Crippen molar-refractivity contribution in [2.75, 3.05) is 30.3 Å². The van der Waals surface area contributed by atoms with Crippen molar-refractivity contribution < 1.29 is 22.7 Å². The van der Waals surface area contributed by atoms with Crippen molar-refractivity contribution in [3.63, 3.8) is 0 Å². The van der Waals surface area contributed by atoms with Crippen LogP contribution < -0.4 is 14.4 Å². The number of carbonyl (C=O) groups is 2. The standard InChI is InChI=1S/C26H37N3O5S/c1-6-24(26(31)27-20(3)4)28(18-17-21-11-9-8-10-12-21)25(30)19-29(35(5,32)33)22-13-15-23(16-14-22)34-7-2/h8-16,20,24H,6-7,17-19H2,1-5H3,(H,27,31)/t24-/m0/s1. The molecule has 0 aromatic heterocycles. The molecule has 0 unspecified atom stereocenters. The third-order valence-electron chi connectivity index (χ3n) is 5.42. The Morgan fingerprint density at radius 1 is 1.00 bits per heavy atom. The maximum atomic E-state index is 13.6. The topological polar surface area (TPSA) is 96.0 Å². The molecule has 0 bridgehead atoms. The van der Waals surface area contributed by atoms with Crippen LogP contribution in [0.25, 0.3) is 0 Å². The van der Waals surface area contributed by atoms with Gasteiger partial charge in [-0.25, -0.2) is 8.42 Å². The maximum absolute atomic E-state index is 13.6. The number of rotatable bonds is 13. The molecule has 8 nitrogen and oxygen atoms in total. The molecule has 1 atom stereocenters. The van der Waals surface area contributed by atoms with Crippen LogP contribution in [-0.4, -0.2) is 63.2 Å². The van der Waals surface area contributed by atoms with Gasteiger partial charge >= 0.3 is 0 Å². The van der Waals surface area contributed by atoms with Crippen molar-refractivity contribution in [3.05, 3.63) is 60.2 Å². The van der Waals surface area contributed by atoms with E-state index in [0.29, 0.717) is 30.9 Å². The van der Waals surface area contributed by atoms with Crippen LogP contribution in [0.1, 0.15) is 39.7 Å². The van der Waals surface area contributed by atoms with E-state index in [1.807, 2.05) is 58.0 Å². The summed E-state index contributed by atoms with van der Waals surface area (Å²) in [5, 5.41) is 2.88. The molecule has 9 heteroatoms. The van der Waals surface area contributed by atoms with E-state index in [2.05, 4.69) is 5.32 Å². The lowest BCUT2D eigenvalue weighted by Crippen LogP contribution is -2.54. The predicted molar refractivity (Wildman–Crippen MR) is 139 cm³/mol. The summed E-state index contributed by atoms with van der Waals surface area (Å²) in [7, 11) is -3.77. The lowest BCUT2D eigenvalue weighted by atomic mass is 10.1. The predicted octanol–water partition coefficient (Wildman–Crippen LogP) is 3.23. The molecule has 2 aromatic carbocycles. The Hall–Kier alpha value is -3.07. The molecule has 0 saturated carbocycles. The van der Waals surface area contributed by atoms with E-state index in [9.17, 15) is 18.0 Å². The molecule has 35 heavy (non-hydrogen) atoms. The number of hydrogen-bond acceptors (Lipinski definition) is 5. The highest BCUT2D eigenvalue weighted by Crippen LogP contribution is 2.22. The van der Waals surface area contributed by atoms with Crippen LogP contribution in [0.4, 0.5) is 5.69 Å². The van der Waals surface area contributed by atoms with Crippen LogP contribution >= 0.6 is 0 Å². The van der Waals surface area contributed by atoms with E-state index >= 15 is 0 Å². The van der Waals surface area contributed by atoms with Crippen molar-refractivity contribution >= 4 is 27.5 Å². The first-order valence-corrected chi connectivity index (χ1v) is 13.8. The summed E-state index contributed by atoms with van der Waals surface area (Å²) in [5.74, 6) is -0.0844. The summed E-state index contributed by atoms with van der Waals surface area (Å²) >= 11 is 0. The highest BCUT2D eigenvalue weighted by Gasteiger charge is 2.31. The van der Waals surface area contributed by atoms with E-state index in [1.165, 1.54) is 4.90 Å². The number of nitrogens with zero attached hydrogens (tertiary/aromatic N) is 2. The van der Waals surface area contributed by atoms with Crippen molar-refractivity contribution in [1.82, 2.24) is 10.2 Å². The molecular weight excluding hydrogens is 466 g/mol. The summed E-state index contributed by atoms with van der Waals surface area (Å²) in [4.78, 5) is 28.0. The zero-order valence-corrected chi connectivity index (χ0v) is 22.0. The molecule has 0 aliphatic carbocycles. The average molecular weight is 504 g/mol. The number of ether oxygens (including phenoxy) is 1. The monoisotopic (exact) mass is 503 g/mol. The van der Waals surface area contributed by atoms with Crippen molar-refractivity contribution in [2.45, 2.75) is 52.6 Å². The second-order valence-electron chi connectivity index (χ2n) is 8.61. The summed E-state index contributed by atoms with van der Waals surface area (Å²) in [6.45, 7) is 7.78. The molecule has 0 fully saturated rings. The highest BCUT2D eigenvalue weighted by atomic mass is 32.2. The zero-order valence-electron chi connectivity index (χ0n) is 21.2. The average Bonchev–Trinajstić information content (AvgIpc) is 2.80. The van der Waals surface area contributed by atoms with Crippen molar-refractivity contribution in [3.8, 4) is 5.75 Å². The lowest BCUT2D eigenvalue weighted by Gasteiger charge is -2.33. The second-order valence-corrected chi connectivity index (χ2v) is 10.5. The van der Waals surface area contributed by atoms with Crippen LogP contribution in [0.3, 0.4) is 0 Å². The number of hydrogen-bond donors (Lipinski definition) is 1. The first-order chi connectivity index (χ1) is 16.6. The van der Waals surface area contributed by atoms with E-state index in [0.717, 1.165) is 16.1 Å². The minimum absolute atomic E-state index is 0.0843. The Labute approximate surface area is 209 Å². The number of nitrogens with one attached hydrogen (secondary N) is 1. The molecule has 0 aliphatic heterocycles. The maximum Gasteiger partial charge on any atom is 0.244 e. The van der Waals surface area contributed by atoms with Gasteiger partial charge in [-0.3, -0.25) is 13.9 Å². The van der Waals surface area contributed by atoms with Gasteiger partial charge < -0.3 is 15.0 Å². The van der Waals surface area contributed by atoms with Crippen LogP contribution in [-0.2, 0) is 26.0 Å². The third kappa shape index (κ3) is 8.58. The van der Waals surface area contributed by atoms with Crippen molar-refractivity contribution in [2.24, 2.45) is 0 Å². The third-order valence-corrected chi connectivity index (χ3v) is 6.56. The number of carbonyl (C=O) groups excluding carboxylic acids is 2. The van der Waals surface area contributed by atoms with Gasteiger partial charge in [-0.15, -0.1) is 0 Å². The van der Waals surface area contributed by atoms with Crippen LogP contribution in [0.15, 0.2) is 54.6 Å². The fourth-order valence-corrected chi connectivity index (χ4v) is 4.62. The molecule has 2 amide bonds. The largest absolute Gasteiger partial charge is 0.494 e. The molecule has 0 heterocycles. The first-order valence-electron chi connectivity index (χ1n) is 11.9. The first kappa shape index (κ1) is 28.2. The molecule has 0 aliphatic rings. The quantitative estimate of drug-likeness (QED) is 0.453. The van der Waals surface area contributed by atoms with Gasteiger partial charge in [-0.2, -0.15) is 0 Å².